The van der Waals surface area contributed by atoms with Crippen LogP contribution in [0.25, 0.3) is 0 Å². The summed E-state index contributed by atoms with van der Waals surface area (Å²) in [5, 5.41) is 18.1. The van der Waals surface area contributed by atoms with Crippen molar-refractivity contribution in [3.05, 3.63) is 75.6 Å². The monoisotopic (exact) mass is 402 g/mol. The van der Waals surface area contributed by atoms with Crippen molar-refractivity contribution in [3.63, 3.8) is 0 Å². The lowest BCUT2D eigenvalue weighted by Crippen LogP contribution is -2.14. The lowest BCUT2D eigenvalue weighted by molar-refractivity contribution is -0.384. The molecular formula is C18H15ClN4O5. The van der Waals surface area contributed by atoms with Crippen LogP contribution in [-0.2, 0) is 6.73 Å². The molecule has 0 aliphatic rings. The van der Waals surface area contributed by atoms with Crippen molar-refractivity contribution in [1.29, 1.82) is 0 Å². The molecule has 3 rings (SSSR count). The number of nitrogens with one attached hydrogen (secondary N) is 1. The van der Waals surface area contributed by atoms with Crippen LogP contribution in [0.1, 0.15) is 10.5 Å². The highest BCUT2D eigenvalue weighted by atomic mass is 35.5. The Kier molecular flexibility index (Phi) is 5.75. The molecule has 0 unspecified atom stereocenters. The SMILES string of the molecule is COc1cc(NC(=O)c2ccn(COc3ccccc3Cl)n2)cc([N+](=O)[O-])c1. The number of nitro groups is 1. The highest BCUT2D eigenvalue weighted by Crippen LogP contribution is 2.26. The molecule has 144 valence electrons. The number of carbonyl (C=O) groups excluding carboxylic acids is 1. The van der Waals surface area contributed by atoms with Crippen LogP contribution in [0, 0.1) is 10.1 Å². The fraction of sp³-hybridized carbons (Fsp3) is 0.111. The van der Waals surface area contributed by atoms with E-state index in [9.17, 15) is 14.9 Å². The molecule has 1 heterocycles. The first-order valence-corrected chi connectivity index (χ1v) is 8.39. The van der Waals surface area contributed by atoms with E-state index in [1.54, 1.807) is 30.5 Å². The minimum Gasteiger partial charge on any atom is -0.496 e. The molecule has 0 spiro atoms. The van der Waals surface area contributed by atoms with Crippen molar-refractivity contribution in [2.45, 2.75) is 6.73 Å². The van der Waals surface area contributed by atoms with Crippen molar-refractivity contribution in [1.82, 2.24) is 9.78 Å². The predicted molar refractivity (Wildman–Crippen MR) is 102 cm³/mol. The van der Waals surface area contributed by atoms with Gasteiger partial charge in [-0.25, -0.2) is 4.68 Å². The number of para-hydroxylation sites is 1. The summed E-state index contributed by atoms with van der Waals surface area (Å²) in [6.07, 6.45) is 1.57. The number of hydrogen-bond donors (Lipinski definition) is 1. The molecule has 2 aromatic carbocycles. The van der Waals surface area contributed by atoms with Crippen LogP contribution in [-0.4, -0.2) is 27.7 Å². The van der Waals surface area contributed by atoms with E-state index in [0.29, 0.717) is 10.8 Å². The number of ether oxygens (including phenoxy) is 2. The molecule has 0 atom stereocenters. The minimum absolute atomic E-state index is 0.0572. The summed E-state index contributed by atoms with van der Waals surface area (Å²) in [6.45, 7) is 0.0572. The fourth-order valence-electron chi connectivity index (χ4n) is 2.33. The molecule has 0 aliphatic carbocycles. The van der Waals surface area contributed by atoms with Crippen molar-refractivity contribution in [2.24, 2.45) is 0 Å². The second kappa shape index (κ2) is 8.40. The third kappa shape index (κ3) is 4.57. The number of hydrogen-bond acceptors (Lipinski definition) is 6. The molecule has 0 bridgehead atoms. The number of amides is 1. The number of nitrogens with zero attached hydrogens (tertiary/aromatic N) is 3. The molecule has 0 saturated heterocycles. The highest BCUT2D eigenvalue weighted by Gasteiger charge is 2.15. The van der Waals surface area contributed by atoms with E-state index in [1.165, 1.54) is 36.1 Å². The standard InChI is InChI=1S/C18H15ClN4O5/c1-27-14-9-12(8-13(10-14)23(25)26)20-18(24)16-6-7-22(21-16)11-28-17-5-3-2-4-15(17)19/h2-10H,11H2,1H3,(H,20,24). The molecule has 1 aromatic heterocycles. The average Bonchev–Trinajstić information content (AvgIpc) is 3.16. The van der Waals surface area contributed by atoms with Crippen LogP contribution < -0.4 is 14.8 Å². The number of nitro benzene ring substituents is 1. The second-order valence-electron chi connectivity index (χ2n) is 5.58. The first-order chi connectivity index (χ1) is 13.5. The van der Waals surface area contributed by atoms with Gasteiger partial charge in [-0.15, -0.1) is 0 Å². The number of halogens is 1. The maximum absolute atomic E-state index is 12.4. The van der Waals surface area contributed by atoms with E-state index in [0.717, 1.165) is 0 Å². The molecular weight excluding hydrogens is 388 g/mol. The number of carbonyl (C=O) groups is 1. The van der Waals surface area contributed by atoms with Crippen molar-refractivity contribution in [2.75, 3.05) is 12.4 Å². The number of rotatable bonds is 7. The molecule has 1 amide bonds. The molecule has 1 N–H and O–H groups in total. The van der Waals surface area contributed by atoms with Gasteiger partial charge in [0.15, 0.2) is 12.4 Å². The van der Waals surface area contributed by atoms with Crippen molar-refractivity contribution < 1.29 is 19.2 Å². The topological polar surface area (TPSA) is 109 Å². The maximum atomic E-state index is 12.4. The zero-order valence-corrected chi connectivity index (χ0v) is 15.4. The summed E-state index contributed by atoms with van der Waals surface area (Å²) in [5.74, 6) is 0.219. The van der Waals surface area contributed by atoms with Crippen molar-refractivity contribution in [3.8, 4) is 11.5 Å². The molecule has 0 fully saturated rings. The zero-order valence-electron chi connectivity index (χ0n) is 14.7. The van der Waals surface area contributed by atoms with Crippen molar-refractivity contribution >= 4 is 28.9 Å². The Morgan fingerprint density at radius 2 is 2.07 bits per heavy atom. The highest BCUT2D eigenvalue weighted by molar-refractivity contribution is 6.32. The molecule has 10 heteroatoms. The summed E-state index contributed by atoms with van der Waals surface area (Å²) >= 11 is 6.02. The Labute approximate surface area is 164 Å². The van der Waals surface area contributed by atoms with Crippen LogP contribution in [0.3, 0.4) is 0 Å². The molecule has 9 nitrogen and oxygen atoms in total. The zero-order chi connectivity index (χ0) is 20.1. The smallest absolute Gasteiger partial charge is 0.276 e. The Morgan fingerprint density at radius 1 is 1.29 bits per heavy atom. The third-order valence-electron chi connectivity index (χ3n) is 3.66. The van der Waals surface area contributed by atoms with Crippen LogP contribution in [0.15, 0.2) is 54.7 Å². The van der Waals surface area contributed by atoms with Gasteiger partial charge in [0.25, 0.3) is 11.6 Å². The van der Waals surface area contributed by atoms with Crippen LogP contribution in [0.2, 0.25) is 5.02 Å². The van der Waals surface area contributed by atoms with Gasteiger partial charge < -0.3 is 14.8 Å². The first-order valence-electron chi connectivity index (χ1n) is 8.02. The van der Waals surface area contributed by atoms with E-state index in [1.807, 2.05) is 0 Å². The molecule has 3 aromatic rings. The maximum Gasteiger partial charge on any atom is 0.276 e. The van der Waals surface area contributed by atoms with Gasteiger partial charge in [0.05, 0.1) is 28.8 Å². The largest absolute Gasteiger partial charge is 0.496 e. The second-order valence-corrected chi connectivity index (χ2v) is 5.98. The van der Waals surface area contributed by atoms with E-state index < -0.39 is 10.8 Å². The molecule has 0 aliphatic heterocycles. The van der Waals surface area contributed by atoms with Gasteiger partial charge >= 0.3 is 0 Å². The number of non-ortho nitro benzene ring substituents is 1. The average molecular weight is 403 g/mol. The molecule has 28 heavy (non-hydrogen) atoms. The normalized spacial score (nSPS) is 10.4. The predicted octanol–water partition coefficient (Wildman–Crippen LogP) is 3.74. The number of aromatic nitrogens is 2. The van der Waals surface area contributed by atoms with E-state index in [4.69, 9.17) is 21.1 Å². The summed E-state index contributed by atoms with van der Waals surface area (Å²) in [6, 6.07) is 12.5. The number of benzene rings is 2. The van der Waals surface area contributed by atoms with Crippen LogP contribution >= 0.6 is 11.6 Å². The summed E-state index contributed by atoms with van der Waals surface area (Å²) in [4.78, 5) is 22.8. The first kappa shape index (κ1) is 19.2. The summed E-state index contributed by atoms with van der Waals surface area (Å²) in [7, 11) is 1.38. The fourth-order valence-corrected chi connectivity index (χ4v) is 2.52. The van der Waals surface area contributed by atoms with Gasteiger partial charge in [-0.1, -0.05) is 23.7 Å². The third-order valence-corrected chi connectivity index (χ3v) is 3.97. The van der Waals surface area contributed by atoms with Gasteiger partial charge in [-0.3, -0.25) is 14.9 Å². The Balaban J connectivity index is 1.68. The van der Waals surface area contributed by atoms with E-state index in [-0.39, 0.29) is 29.5 Å². The van der Waals surface area contributed by atoms with E-state index >= 15 is 0 Å². The number of methoxy groups -OCH3 is 1. The minimum atomic E-state index is -0.570. The van der Waals surface area contributed by atoms with Gasteiger partial charge in [0, 0.05) is 18.3 Å². The van der Waals surface area contributed by atoms with Crippen LogP contribution in [0.4, 0.5) is 11.4 Å². The molecule has 0 saturated carbocycles. The Bertz CT molecular complexity index is 1020. The molecule has 0 radical (unpaired) electrons. The van der Waals surface area contributed by atoms with Gasteiger partial charge in [-0.2, -0.15) is 5.10 Å². The Morgan fingerprint density at radius 3 is 2.79 bits per heavy atom. The Hall–Kier alpha value is -3.59. The summed E-state index contributed by atoms with van der Waals surface area (Å²) < 4.78 is 12.0. The van der Waals surface area contributed by atoms with Gasteiger partial charge in [0.2, 0.25) is 0 Å². The summed E-state index contributed by atoms with van der Waals surface area (Å²) in [5.41, 5.74) is 0.138. The quantitative estimate of drug-likeness (QED) is 0.476. The van der Waals surface area contributed by atoms with Gasteiger partial charge in [0.1, 0.15) is 11.5 Å². The van der Waals surface area contributed by atoms with Crippen LogP contribution in [0.5, 0.6) is 11.5 Å². The lowest BCUT2D eigenvalue weighted by atomic mass is 10.2. The lowest BCUT2D eigenvalue weighted by Gasteiger charge is -2.08. The number of anilines is 1. The van der Waals surface area contributed by atoms with E-state index in [2.05, 4.69) is 10.4 Å². The van der Waals surface area contributed by atoms with Gasteiger partial charge in [-0.05, 0) is 18.2 Å².